The van der Waals surface area contributed by atoms with Crippen molar-refractivity contribution in [1.29, 1.82) is 0 Å². The van der Waals surface area contributed by atoms with E-state index in [9.17, 15) is 9.59 Å². The molecule has 0 fully saturated rings. The van der Waals surface area contributed by atoms with E-state index < -0.39 is 11.2 Å². The molecule has 0 amide bonds. The summed E-state index contributed by atoms with van der Waals surface area (Å²) >= 11 is 7.61. The summed E-state index contributed by atoms with van der Waals surface area (Å²) in [5, 5.41) is 5.45. The fourth-order valence-electron chi connectivity index (χ4n) is 3.45. The first-order chi connectivity index (χ1) is 14.5. The zero-order chi connectivity index (χ0) is 21.0. The van der Waals surface area contributed by atoms with Crippen molar-refractivity contribution in [2.75, 3.05) is 7.11 Å². The Hall–Kier alpha value is -3.43. The number of aromatic nitrogens is 5. The van der Waals surface area contributed by atoms with E-state index in [0.717, 1.165) is 20.4 Å². The van der Waals surface area contributed by atoms with Gasteiger partial charge in [0.25, 0.3) is 5.56 Å². The second-order valence-corrected chi connectivity index (χ2v) is 8.09. The Morgan fingerprint density at radius 2 is 2.00 bits per heavy atom. The van der Waals surface area contributed by atoms with Gasteiger partial charge in [0.2, 0.25) is 0 Å². The van der Waals surface area contributed by atoms with Crippen molar-refractivity contribution >= 4 is 44.1 Å². The molecule has 0 saturated heterocycles. The molecule has 0 aliphatic carbocycles. The van der Waals surface area contributed by atoms with Gasteiger partial charge in [-0.15, -0.1) is 11.3 Å². The van der Waals surface area contributed by atoms with Gasteiger partial charge in [-0.3, -0.25) is 14.5 Å². The van der Waals surface area contributed by atoms with Gasteiger partial charge < -0.3 is 9.72 Å². The van der Waals surface area contributed by atoms with Crippen molar-refractivity contribution in [2.24, 2.45) is 7.05 Å². The summed E-state index contributed by atoms with van der Waals surface area (Å²) in [6.45, 7) is 0. The Bertz CT molecular complexity index is 1560. The van der Waals surface area contributed by atoms with E-state index in [-0.39, 0.29) is 0 Å². The summed E-state index contributed by atoms with van der Waals surface area (Å²) in [5.41, 5.74) is 1.20. The summed E-state index contributed by atoms with van der Waals surface area (Å²) in [6.07, 6.45) is 4.76. The second kappa shape index (κ2) is 6.82. The number of rotatable bonds is 3. The molecule has 0 spiro atoms. The first kappa shape index (κ1) is 18.6. The van der Waals surface area contributed by atoms with Crippen LogP contribution in [0.4, 0.5) is 0 Å². The highest BCUT2D eigenvalue weighted by Gasteiger charge is 2.18. The molecule has 4 heterocycles. The van der Waals surface area contributed by atoms with E-state index in [1.807, 2.05) is 0 Å². The highest BCUT2D eigenvalue weighted by atomic mass is 35.5. The number of thiophene rings is 1. The van der Waals surface area contributed by atoms with Crippen molar-refractivity contribution < 1.29 is 4.74 Å². The number of methoxy groups -OCH3 is 1. The Morgan fingerprint density at radius 3 is 2.80 bits per heavy atom. The molecule has 0 radical (unpaired) electrons. The Kier molecular flexibility index (Phi) is 4.23. The van der Waals surface area contributed by atoms with Gasteiger partial charge in [-0.05, 0) is 24.3 Å². The van der Waals surface area contributed by atoms with Crippen LogP contribution in [-0.4, -0.2) is 31.4 Å². The molecular weight excluding hydrogens is 426 g/mol. The van der Waals surface area contributed by atoms with Crippen LogP contribution >= 0.6 is 22.9 Å². The van der Waals surface area contributed by atoms with E-state index in [4.69, 9.17) is 16.3 Å². The zero-order valence-corrected chi connectivity index (χ0v) is 17.4. The predicted octanol–water partition coefficient (Wildman–Crippen LogP) is 3.35. The molecule has 8 nitrogen and oxygen atoms in total. The van der Waals surface area contributed by atoms with Gasteiger partial charge in [-0.25, -0.2) is 9.36 Å². The molecule has 1 N–H and O–H groups in total. The highest BCUT2D eigenvalue weighted by molar-refractivity contribution is 7.22. The molecule has 5 rings (SSSR count). The van der Waals surface area contributed by atoms with Gasteiger partial charge in [-0.2, -0.15) is 5.10 Å². The molecule has 0 aliphatic rings. The smallest absolute Gasteiger partial charge is 0.333 e. The second-order valence-electron chi connectivity index (χ2n) is 6.63. The maximum absolute atomic E-state index is 13.3. The van der Waals surface area contributed by atoms with E-state index in [1.165, 1.54) is 17.5 Å². The van der Waals surface area contributed by atoms with Crippen molar-refractivity contribution in [3.05, 3.63) is 68.7 Å². The quantitative estimate of drug-likeness (QED) is 0.465. The van der Waals surface area contributed by atoms with Crippen LogP contribution in [0.15, 0.2) is 52.4 Å². The molecule has 10 heteroatoms. The first-order valence-electron chi connectivity index (χ1n) is 8.87. The number of nitrogens with one attached hydrogen (secondary N) is 1. The average Bonchev–Trinajstić information content (AvgIpc) is 3.33. The normalized spacial score (nSPS) is 11.4. The van der Waals surface area contributed by atoms with Gasteiger partial charge in [0.15, 0.2) is 0 Å². The number of aromatic amines is 1. The molecule has 0 atom stereocenters. The van der Waals surface area contributed by atoms with Crippen molar-refractivity contribution in [2.45, 2.75) is 0 Å². The Balaban J connectivity index is 1.79. The maximum Gasteiger partial charge on any atom is 0.333 e. The molecular formula is C20H14ClN5O3S. The average molecular weight is 440 g/mol. The number of hydrogen-bond donors (Lipinski definition) is 1. The largest absolute Gasteiger partial charge is 0.497 e. The molecule has 0 saturated carbocycles. The van der Waals surface area contributed by atoms with Crippen molar-refractivity contribution in [1.82, 2.24) is 24.3 Å². The number of fused-ring (bicyclic) bond motifs is 2. The molecule has 30 heavy (non-hydrogen) atoms. The number of nitrogens with zero attached hydrogens (tertiary/aromatic N) is 4. The maximum atomic E-state index is 13.3. The monoisotopic (exact) mass is 439 g/mol. The van der Waals surface area contributed by atoms with Crippen LogP contribution in [0.5, 0.6) is 5.75 Å². The molecule has 0 bridgehead atoms. The van der Waals surface area contributed by atoms with Crippen LogP contribution in [0.2, 0.25) is 5.02 Å². The lowest BCUT2D eigenvalue weighted by Crippen LogP contribution is -2.33. The van der Waals surface area contributed by atoms with Crippen molar-refractivity contribution in [3.63, 3.8) is 0 Å². The lowest BCUT2D eigenvalue weighted by Gasteiger charge is -2.06. The highest BCUT2D eigenvalue weighted by Crippen LogP contribution is 2.37. The molecule has 0 unspecified atom stereocenters. The van der Waals surface area contributed by atoms with Crippen LogP contribution in [0, 0.1) is 0 Å². The molecule has 1 aromatic carbocycles. The van der Waals surface area contributed by atoms with E-state index in [2.05, 4.69) is 15.1 Å². The third-order valence-corrected chi connectivity index (χ3v) is 6.36. The third-order valence-electron chi connectivity index (χ3n) is 4.87. The summed E-state index contributed by atoms with van der Waals surface area (Å²) in [6, 6.07) is 7.03. The van der Waals surface area contributed by atoms with Crippen molar-refractivity contribution in [3.8, 4) is 21.9 Å². The van der Waals surface area contributed by atoms with Gasteiger partial charge >= 0.3 is 5.69 Å². The minimum atomic E-state index is -0.552. The minimum Gasteiger partial charge on any atom is -0.497 e. The SMILES string of the molecule is COc1ccc(Cl)c(-c2cc3[nH]c(=O)n(-c4cncc5cnn(C)c45)c(=O)c3s2)c1. The number of pyridine rings is 1. The van der Waals surface area contributed by atoms with Crippen LogP contribution in [0.3, 0.4) is 0 Å². The zero-order valence-electron chi connectivity index (χ0n) is 15.8. The van der Waals surface area contributed by atoms with Gasteiger partial charge in [0, 0.05) is 34.1 Å². The number of benzene rings is 1. The Morgan fingerprint density at radius 1 is 1.17 bits per heavy atom. The van der Waals surface area contributed by atoms with Gasteiger partial charge in [0.05, 0.1) is 36.2 Å². The fourth-order valence-corrected chi connectivity index (χ4v) is 4.80. The Labute approximate surface area is 177 Å². The summed E-state index contributed by atoms with van der Waals surface area (Å²) in [7, 11) is 3.32. The van der Waals surface area contributed by atoms with Crippen LogP contribution < -0.4 is 16.0 Å². The molecule has 0 aliphatic heterocycles. The molecule has 150 valence electrons. The number of hydrogen-bond acceptors (Lipinski definition) is 6. The fraction of sp³-hybridized carbons (Fsp3) is 0.100. The van der Waals surface area contributed by atoms with E-state index in [0.29, 0.717) is 32.2 Å². The lowest BCUT2D eigenvalue weighted by atomic mass is 10.2. The number of H-pyrrole nitrogens is 1. The first-order valence-corrected chi connectivity index (χ1v) is 10.1. The summed E-state index contributed by atoms with van der Waals surface area (Å²) < 4.78 is 8.38. The summed E-state index contributed by atoms with van der Waals surface area (Å²) in [5.74, 6) is 0.645. The lowest BCUT2D eigenvalue weighted by molar-refractivity contribution is 0.415. The topological polar surface area (TPSA) is 94.8 Å². The number of ether oxygens (including phenoxy) is 1. The van der Waals surface area contributed by atoms with Gasteiger partial charge in [0.1, 0.15) is 10.4 Å². The van der Waals surface area contributed by atoms with Crippen LogP contribution in [0.25, 0.3) is 37.2 Å². The standard InChI is InChI=1S/C20H14ClN5O3S/c1-25-17-10(8-23-25)7-22-9-15(17)26-19(27)18-14(24-20(26)28)6-16(30-18)12-5-11(29-2)3-4-13(12)21/h3-9H,1-2H3,(H,24,28). The minimum absolute atomic E-state index is 0.370. The third kappa shape index (κ3) is 2.74. The number of halogens is 1. The van der Waals surface area contributed by atoms with Crippen LogP contribution in [-0.2, 0) is 7.05 Å². The van der Waals surface area contributed by atoms with E-state index in [1.54, 1.807) is 55.5 Å². The van der Waals surface area contributed by atoms with Crippen LogP contribution in [0.1, 0.15) is 0 Å². The van der Waals surface area contributed by atoms with E-state index >= 15 is 0 Å². The summed E-state index contributed by atoms with van der Waals surface area (Å²) in [4.78, 5) is 33.9. The molecule has 4 aromatic heterocycles. The predicted molar refractivity (Wildman–Crippen MR) is 117 cm³/mol. The molecule has 5 aromatic rings. The number of aryl methyl sites for hydroxylation is 1. The van der Waals surface area contributed by atoms with Gasteiger partial charge in [-0.1, -0.05) is 11.6 Å².